The first-order valence-electron chi connectivity index (χ1n) is 5.26. The van der Waals surface area contributed by atoms with Crippen LogP contribution in [0.5, 0.6) is 0 Å². The molecule has 0 unspecified atom stereocenters. The van der Waals surface area contributed by atoms with Crippen LogP contribution in [0.3, 0.4) is 0 Å². The number of hydrogen-bond donors (Lipinski definition) is 3. The van der Waals surface area contributed by atoms with E-state index >= 15 is 0 Å². The van der Waals surface area contributed by atoms with Crippen molar-refractivity contribution in [3.8, 4) is 0 Å². The van der Waals surface area contributed by atoms with Gasteiger partial charge in [-0.3, -0.25) is 9.59 Å². The van der Waals surface area contributed by atoms with E-state index in [1.165, 1.54) is 0 Å². The Morgan fingerprint density at radius 1 is 1.27 bits per heavy atom. The normalized spacial score (nSPS) is 12.5. The topological polar surface area (TPSA) is 98.2 Å². The first-order chi connectivity index (χ1) is 6.95. The van der Waals surface area contributed by atoms with Crippen LogP contribution in [-0.4, -0.2) is 24.4 Å². The van der Waals surface area contributed by atoms with Crippen molar-refractivity contribution in [3.63, 3.8) is 0 Å². The van der Waals surface area contributed by atoms with E-state index in [9.17, 15) is 9.59 Å². The molecular weight excluding hydrogens is 194 g/mol. The number of carbonyl (C=O) groups excluding carboxylic acids is 2. The standard InChI is InChI=1S/C10H21N3O2/c1-7(2)9(12)10(15)13-6-4-3-5-8(11)14/h7,9H,3-6,12H2,1-2H3,(H2,11,14)(H,13,15)/t9-/m1/s1. The van der Waals surface area contributed by atoms with Crippen LogP contribution in [0.1, 0.15) is 33.1 Å². The van der Waals surface area contributed by atoms with Crippen molar-refractivity contribution >= 4 is 11.8 Å². The van der Waals surface area contributed by atoms with Crippen molar-refractivity contribution in [2.45, 2.75) is 39.2 Å². The molecule has 0 bridgehead atoms. The van der Waals surface area contributed by atoms with Gasteiger partial charge in [0.15, 0.2) is 0 Å². The molecule has 0 saturated carbocycles. The molecule has 0 aliphatic heterocycles. The van der Waals surface area contributed by atoms with Gasteiger partial charge < -0.3 is 16.8 Å². The smallest absolute Gasteiger partial charge is 0.237 e. The van der Waals surface area contributed by atoms with Gasteiger partial charge >= 0.3 is 0 Å². The summed E-state index contributed by atoms with van der Waals surface area (Å²) in [5.41, 5.74) is 10.6. The van der Waals surface area contributed by atoms with Crippen molar-refractivity contribution in [2.24, 2.45) is 17.4 Å². The lowest BCUT2D eigenvalue weighted by atomic mass is 10.1. The van der Waals surface area contributed by atoms with Crippen molar-refractivity contribution in [3.05, 3.63) is 0 Å². The zero-order valence-corrected chi connectivity index (χ0v) is 9.45. The van der Waals surface area contributed by atoms with Gasteiger partial charge in [0.2, 0.25) is 11.8 Å². The second kappa shape index (κ2) is 7.23. The highest BCUT2D eigenvalue weighted by Crippen LogP contribution is 1.98. The minimum Gasteiger partial charge on any atom is -0.370 e. The predicted molar refractivity (Wildman–Crippen MR) is 58.9 cm³/mol. The second-order valence-electron chi connectivity index (χ2n) is 3.98. The second-order valence-corrected chi connectivity index (χ2v) is 3.98. The Hall–Kier alpha value is -1.10. The zero-order valence-electron chi connectivity index (χ0n) is 9.45. The minimum atomic E-state index is -0.457. The molecule has 88 valence electrons. The molecule has 2 amide bonds. The fraction of sp³-hybridized carbons (Fsp3) is 0.800. The minimum absolute atomic E-state index is 0.135. The summed E-state index contributed by atoms with van der Waals surface area (Å²) in [7, 11) is 0. The van der Waals surface area contributed by atoms with Gasteiger partial charge in [0.1, 0.15) is 0 Å². The summed E-state index contributed by atoms with van der Waals surface area (Å²) in [4.78, 5) is 21.8. The van der Waals surface area contributed by atoms with Crippen molar-refractivity contribution in [1.29, 1.82) is 0 Å². The van der Waals surface area contributed by atoms with Gasteiger partial charge in [0.05, 0.1) is 6.04 Å². The molecule has 5 N–H and O–H groups in total. The maximum Gasteiger partial charge on any atom is 0.237 e. The molecule has 0 rings (SSSR count). The van der Waals surface area contributed by atoms with Gasteiger partial charge in [0, 0.05) is 13.0 Å². The molecule has 0 aliphatic rings. The van der Waals surface area contributed by atoms with Crippen LogP contribution in [0.25, 0.3) is 0 Å². The molecule has 5 heteroatoms. The first kappa shape index (κ1) is 13.9. The van der Waals surface area contributed by atoms with Crippen LogP contribution in [0.2, 0.25) is 0 Å². The van der Waals surface area contributed by atoms with Gasteiger partial charge in [-0.25, -0.2) is 0 Å². The highest BCUT2D eigenvalue weighted by atomic mass is 16.2. The Balaban J connectivity index is 3.51. The van der Waals surface area contributed by atoms with Crippen LogP contribution in [0.15, 0.2) is 0 Å². The Kier molecular flexibility index (Phi) is 6.70. The summed E-state index contributed by atoms with van der Waals surface area (Å²) in [6.07, 6.45) is 1.82. The van der Waals surface area contributed by atoms with E-state index in [1.54, 1.807) is 0 Å². The van der Waals surface area contributed by atoms with E-state index in [2.05, 4.69) is 5.32 Å². The quantitative estimate of drug-likeness (QED) is 0.510. The van der Waals surface area contributed by atoms with E-state index in [-0.39, 0.29) is 17.7 Å². The lowest BCUT2D eigenvalue weighted by Gasteiger charge is -2.14. The number of nitrogens with one attached hydrogen (secondary N) is 1. The van der Waals surface area contributed by atoms with E-state index in [1.807, 2.05) is 13.8 Å². The van der Waals surface area contributed by atoms with Crippen molar-refractivity contribution < 1.29 is 9.59 Å². The lowest BCUT2D eigenvalue weighted by molar-refractivity contribution is -0.123. The number of hydrogen-bond acceptors (Lipinski definition) is 3. The highest BCUT2D eigenvalue weighted by molar-refractivity contribution is 5.81. The molecule has 0 fully saturated rings. The first-order valence-corrected chi connectivity index (χ1v) is 5.26. The maximum atomic E-state index is 11.4. The molecule has 5 nitrogen and oxygen atoms in total. The van der Waals surface area contributed by atoms with E-state index in [0.29, 0.717) is 19.4 Å². The maximum absolute atomic E-state index is 11.4. The van der Waals surface area contributed by atoms with Gasteiger partial charge in [-0.2, -0.15) is 0 Å². The number of carbonyl (C=O) groups is 2. The predicted octanol–water partition coefficient (Wildman–Crippen LogP) is -0.258. The summed E-state index contributed by atoms with van der Waals surface area (Å²) in [6.45, 7) is 4.35. The molecule has 1 atom stereocenters. The summed E-state index contributed by atoms with van der Waals surface area (Å²) >= 11 is 0. The largest absolute Gasteiger partial charge is 0.370 e. The Bertz CT molecular complexity index is 217. The highest BCUT2D eigenvalue weighted by Gasteiger charge is 2.15. The van der Waals surface area contributed by atoms with E-state index < -0.39 is 6.04 Å². The molecule has 15 heavy (non-hydrogen) atoms. The third kappa shape index (κ3) is 6.90. The number of unbranched alkanes of at least 4 members (excludes halogenated alkanes) is 1. The molecule has 0 radical (unpaired) electrons. The van der Waals surface area contributed by atoms with Crippen LogP contribution in [-0.2, 0) is 9.59 Å². The van der Waals surface area contributed by atoms with Gasteiger partial charge in [0.25, 0.3) is 0 Å². The SMILES string of the molecule is CC(C)[C@@H](N)C(=O)NCCCCC(N)=O. The van der Waals surface area contributed by atoms with Gasteiger partial charge in [-0.15, -0.1) is 0 Å². The molecule has 0 aromatic heterocycles. The Morgan fingerprint density at radius 2 is 1.87 bits per heavy atom. The lowest BCUT2D eigenvalue weighted by Crippen LogP contribution is -2.44. The fourth-order valence-electron chi connectivity index (χ4n) is 1.06. The summed E-state index contributed by atoms with van der Waals surface area (Å²) in [5.74, 6) is -0.306. The Morgan fingerprint density at radius 3 is 2.33 bits per heavy atom. The molecule has 0 aromatic rings. The van der Waals surface area contributed by atoms with E-state index in [0.717, 1.165) is 6.42 Å². The number of primary amides is 1. The molecule has 0 aromatic carbocycles. The van der Waals surface area contributed by atoms with Gasteiger partial charge in [-0.1, -0.05) is 13.8 Å². The third-order valence-electron chi connectivity index (χ3n) is 2.17. The van der Waals surface area contributed by atoms with Gasteiger partial charge in [-0.05, 0) is 18.8 Å². The number of rotatable bonds is 7. The summed E-state index contributed by atoms with van der Waals surface area (Å²) in [6, 6.07) is -0.457. The summed E-state index contributed by atoms with van der Waals surface area (Å²) < 4.78 is 0. The van der Waals surface area contributed by atoms with Crippen molar-refractivity contribution in [2.75, 3.05) is 6.54 Å². The summed E-state index contributed by atoms with van der Waals surface area (Å²) in [5, 5.41) is 2.72. The van der Waals surface area contributed by atoms with Crippen LogP contribution in [0.4, 0.5) is 0 Å². The molecule has 0 spiro atoms. The third-order valence-corrected chi connectivity index (χ3v) is 2.17. The zero-order chi connectivity index (χ0) is 11.8. The van der Waals surface area contributed by atoms with Crippen molar-refractivity contribution in [1.82, 2.24) is 5.32 Å². The Labute approximate surface area is 90.6 Å². The average Bonchev–Trinajstić information content (AvgIpc) is 2.15. The van der Waals surface area contributed by atoms with Crippen LogP contribution >= 0.6 is 0 Å². The average molecular weight is 215 g/mol. The number of nitrogens with two attached hydrogens (primary N) is 2. The monoisotopic (exact) mass is 215 g/mol. The van der Waals surface area contributed by atoms with Crippen LogP contribution in [0, 0.1) is 5.92 Å². The molecule has 0 aliphatic carbocycles. The molecule has 0 heterocycles. The molecular formula is C10H21N3O2. The van der Waals surface area contributed by atoms with Crippen LogP contribution < -0.4 is 16.8 Å². The number of amides is 2. The fourth-order valence-corrected chi connectivity index (χ4v) is 1.06. The van der Waals surface area contributed by atoms with E-state index in [4.69, 9.17) is 11.5 Å². The molecule has 0 saturated heterocycles.